The van der Waals surface area contributed by atoms with Crippen LogP contribution in [0.1, 0.15) is 12.5 Å². The Morgan fingerprint density at radius 3 is 2.86 bits per heavy atom. The molecule has 1 aliphatic rings. The molecule has 3 heterocycles. The number of amides is 1. The number of nitrogens with zero attached hydrogens (tertiary/aromatic N) is 3. The molecule has 2 aromatic heterocycles. The number of nitrogens with one attached hydrogen (secondary N) is 2. The van der Waals surface area contributed by atoms with Gasteiger partial charge in [-0.3, -0.25) is 14.5 Å². The molecule has 0 bridgehead atoms. The summed E-state index contributed by atoms with van der Waals surface area (Å²) >= 11 is 0. The van der Waals surface area contributed by atoms with Crippen molar-refractivity contribution in [1.29, 1.82) is 0 Å². The Hall–Kier alpha value is -2.21. The van der Waals surface area contributed by atoms with Gasteiger partial charge >= 0.3 is 0 Å². The third-order valence-electron chi connectivity index (χ3n) is 4.20. The minimum atomic E-state index is 0.0169. The highest BCUT2D eigenvalue weighted by molar-refractivity contribution is 5.91. The smallest absolute Gasteiger partial charge is 0.228 e. The highest BCUT2D eigenvalue weighted by Gasteiger charge is 2.28. The molecule has 6 nitrogen and oxygen atoms in total. The van der Waals surface area contributed by atoms with Gasteiger partial charge < -0.3 is 10.6 Å². The van der Waals surface area contributed by atoms with Crippen LogP contribution >= 0.6 is 0 Å². The molecule has 1 atom stereocenters. The zero-order valence-corrected chi connectivity index (χ0v) is 12.7. The van der Waals surface area contributed by atoms with Crippen molar-refractivity contribution in [2.45, 2.75) is 19.9 Å². The summed E-state index contributed by atoms with van der Waals surface area (Å²) in [7, 11) is 0. The molecule has 0 aliphatic carbocycles. The Bertz CT molecular complexity index is 620. The molecule has 0 aromatic carbocycles. The highest BCUT2D eigenvalue weighted by atomic mass is 16.2. The van der Waals surface area contributed by atoms with Crippen LogP contribution < -0.4 is 10.6 Å². The fourth-order valence-electron chi connectivity index (χ4n) is 2.46. The topological polar surface area (TPSA) is 71.8 Å². The fraction of sp³-hybridized carbons (Fsp3) is 0.438. The monoisotopic (exact) mass is 299 g/mol. The fourth-order valence-corrected chi connectivity index (χ4v) is 2.46. The average molecular weight is 299 g/mol. The Balaban J connectivity index is 1.51. The molecule has 116 valence electrons. The van der Waals surface area contributed by atoms with E-state index >= 15 is 0 Å². The number of hydrogen-bond donors (Lipinski definition) is 2. The van der Waals surface area contributed by atoms with Crippen LogP contribution in [0.15, 0.2) is 36.8 Å². The van der Waals surface area contributed by atoms with Crippen molar-refractivity contribution in [3.63, 3.8) is 0 Å². The number of anilines is 1. The number of rotatable bonds is 6. The molecule has 1 saturated heterocycles. The Morgan fingerprint density at radius 2 is 2.18 bits per heavy atom. The number of carbonyl (C=O) groups excluding carboxylic acids is 1. The lowest BCUT2D eigenvalue weighted by Gasteiger charge is -2.31. The standard InChI is InChI=1S/C16H21N5O/c1-12(14-10-18-11-14)16(22)19-15-5-9-21(20-15)8-4-13-2-6-17-7-3-13/h2-3,5-7,9,12,14,18H,4,8,10-11H2,1H3,(H,19,20,22). The predicted octanol–water partition coefficient (Wildman–Crippen LogP) is 1.31. The van der Waals surface area contributed by atoms with E-state index in [1.807, 2.05) is 36.0 Å². The first-order valence-corrected chi connectivity index (χ1v) is 7.66. The Labute approximate surface area is 129 Å². The van der Waals surface area contributed by atoms with Crippen molar-refractivity contribution in [2.24, 2.45) is 11.8 Å². The van der Waals surface area contributed by atoms with E-state index in [1.165, 1.54) is 5.56 Å². The van der Waals surface area contributed by atoms with Crippen LogP contribution in [0.25, 0.3) is 0 Å². The van der Waals surface area contributed by atoms with E-state index in [9.17, 15) is 4.79 Å². The number of aryl methyl sites for hydroxylation is 2. The molecular weight excluding hydrogens is 278 g/mol. The lowest BCUT2D eigenvalue weighted by atomic mass is 9.88. The summed E-state index contributed by atoms with van der Waals surface area (Å²) in [5.74, 6) is 1.13. The number of carbonyl (C=O) groups is 1. The third-order valence-corrected chi connectivity index (χ3v) is 4.20. The van der Waals surface area contributed by atoms with Gasteiger partial charge in [0.05, 0.1) is 0 Å². The quantitative estimate of drug-likeness (QED) is 0.844. The van der Waals surface area contributed by atoms with Crippen LogP contribution in [0.2, 0.25) is 0 Å². The zero-order valence-electron chi connectivity index (χ0n) is 12.7. The second kappa shape index (κ2) is 6.70. The van der Waals surface area contributed by atoms with Gasteiger partial charge in [-0.05, 0) is 43.1 Å². The first-order chi connectivity index (χ1) is 10.7. The molecule has 0 saturated carbocycles. The molecule has 0 spiro atoms. The van der Waals surface area contributed by atoms with E-state index in [2.05, 4.69) is 20.7 Å². The molecular formula is C16H21N5O. The lowest BCUT2D eigenvalue weighted by molar-refractivity contribution is -0.121. The summed E-state index contributed by atoms with van der Waals surface area (Å²) in [6.45, 7) is 4.60. The summed E-state index contributed by atoms with van der Waals surface area (Å²) in [5, 5.41) is 10.5. The minimum absolute atomic E-state index is 0.0169. The molecule has 22 heavy (non-hydrogen) atoms. The predicted molar refractivity (Wildman–Crippen MR) is 84.3 cm³/mol. The van der Waals surface area contributed by atoms with Crippen LogP contribution in [0.3, 0.4) is 0 Å². The van der Waals surface area contributed by atoms with E-state index in [4.69, 9.17) is 0 Å². The highest BCUT2D eigenvalue weighted by Crippen LogP contribution is 2.17. The Morgan fingerprint density at radius 1 is 1.41 bits per heavy atom. The SMILES string of the molecule is CC(C(=O)Nc1ccn(CCc2ccncc2)n1)C1CNC1. The Kier molecular flexibility index (Phi) is 4.48. The van der Waals surface area contributed by atoms with Crippen molar-refractivity contribution in [1.82, 2.24) is 20.1 Å². The van der Waals surface area contributed by atoms with E-state index in [1.54, 1.807) is 12.4 Å². The van der Waals surface area contributed by atoms with Crippen LogP contribution in [-0.2, 0) is 17.8 Å². The van der Waals surface area contributed by atoms with Gasteiger partial charge in [0.1, 0.15) is 0 Å². The van der Waals surface area contributed by atoms with Crippen molar-refractivity contribution in [3.05, 3.63) is 42.4 Å². The lowest BCUT2D eigenvalue weighted by Crippen LogP contribution is -2.48. The molecule has 2 N–H and O–H groups in total. The van der Waals surface area contributed by atoms with E-state index in [0.29, 0.717) is 11.7 Å². The van der Waals surface area contributed by atoms with Gasteiger partial charge in [0, 0.05) is 37.1 Å². The maximum atomic E-state index is 12.1. The summed E-state index contributed by atoms with van der Waals surface area (Å²) in [6, 6.07) is 5.84. The van der Waals surface area contributed by atoms with Gasteiger partial charge in [-0.1, -0.05) is 6.92 Å². The molecule has 3 rings (SSSR count). The summed E-state index contributed by atoms with van der Waals surface area (Å²) < 4.78 is 1.85. The first kappa shape index (κ1) is 14.7. The number of aromatic nitrogens is 3. The van der Waals surface area contributed by atoms with Crippen molar-refractivity contribution < 1.29 is 4.79 Å². The summed E-state index contributed by atoms with van der Waals surface area (Å²) in [6.07, 6.45) is 6.37. The molecule has 0 radical (unpaired) electrons. The van der Waals surface area contributed by atoms with Gasteiger partial charge in [0.25, 0.3) is 0 Å². The second-order valence-corrected chi connectivity index (χ2v) is 5.77. The van der Waals surface area contributed by atoms with E-state index in [0.717, 1.165) is 26.1 Å². The van der Waals surface area contributed by atoms with Gasteiger partial charge in [-0.15, -0.1) is 0 Å². The van der Waals surface area contributed by atoms with Gasteiger partial charge in [-0.2, -0.15) is 5.10 Å². The van der Waals surface area contributed by atoms with E-state index in [-0.39, 0.29) is 11.8 Å². The normalized spacial score (nSPS) is 16.0. The molecule has 1 fully saturated rings. The van der Waals surface area contributed by atoms with Crippen LogP contribution in [0.4, 0.5) is 5.82 Å². The largest absolute Gasteiger partial charge is 0.316 e. The number of pyridine rings is 1. The maximum absolute atomic E-state index is 12.1. The molecule has 6 heteroatoms. The molecule has 2 aromatic rings. The van der Waals surface area contributed by atoms with Crippen molar-refractivity contribution in [2.75, 3.05) is 18.4 Å². The van der Waals surface area contributed by atoms with Gasteiger partial charge in [0.2, 0.25) is 5.91 Å². The minimum Gasteiger partial charge on any atom is -0.316 e. The molecule has 1 amide bonds. The van der Waals surface area contributed by atoms with Gasteiger partial charge in [-0.25, -0.2) is 0 Å². The van der Waals surface area contributed by atoms with Crippen LogP contribution in [0, 0.1) is 11.8 Å². The summed E-state index contributed by atoms with van der Waals surface area (Å²) in [5.41, 5.74) is 1.22. The maximum Gasteiger partial charge on any atom is 0.228 e. The average Bonchev–Trinajstić information content (AvgIpc) is 2.92. The second-order valence-electron chi connectivity index (χ2n) is 5.77. The number of hydrogen-bond acceptors (Lipinski definition) is 4. The van der Waals surface area contributed by atoms with E-state index < -0.39 is 0 Å². The van der Waals surface area contributed by atoms with Crippen LogP contribution in [-0.4, -0.2) is 33.8 Å². The summed E-state index contributed by atoms with van der Waals surface area (Å²) in [4.78, 5) is 16.1. The first-order valence-electron chi connectivity index (χ1n) is 7.66. The third kappa shape index (κ3) is 3.51. The zero-order chi connectivity index (χ0) is 15.4. The molecule has 1 aliphatic heterocycles. The van der Waals surface area contributed by atoms with Crippen LogP contribution in [0.5, 0.6) is 0 Å². The van der Waals surface area contributed by atoms with Crippen molar-refractivity contribution >= 4 is 11.7 Å². The molecule has 1 unspecified atom stereocenters. The van der Waals surface area contributed by atoms with Crippen molar-refractivity contribution in [3.8, 4) is 0 Å². The van der Waals surface area contributed by atoms with Gasteiger partial charge in [0.15, 0.2) is 5.82 Å².